The van der Waals surface area contributed by atoms with Crippen molar-refractivity contribution in [3.63, 3.8) is 0 Å². The van der Waals surface area contributed by atoms with Crippen LogP contribution in [0.2, 0.25) is 0 Å². The van der Waals surface area contributed by atoms with Crippen LogP contribution in [0.1, 0.15) is 51.9 Å². The molecule has 0 aromatic carbocycles. The lowest BCUT2D eigenvalue weighted by atomic mass is 10.1. The standard InChI is InChI=1S/C12H22N2O2.C3H9N/c1-2-3-4-5-7-10(12(14)16)8-6-9-11(13)15;1-4(2)3/h7H,2-6,8-9H2,1H3,(H2,13,15)(H2,14,16);1-3H3. The highest BCUT2D eigenvalue weighted by Crippen LogP contribution is 2.10. The lowest BCUT2D eigenvalue weighted by Gasteiger charge is -2.02. The quantitative estimate of drug-likeness (QED) is 0.500. The van der Waals surface area contributed by atoms with Crippen LogP contribution in [0, 0.1) is 0 Å². The molecule has 0 saturated heterocycles. The zero-order chi connectivity index (χ0) is 16.0. The van der Waals surface area contributed by atoms with E-state index in [0.29, 0.717) is 24.8 Å². The SMILES string of the molecule is CCCCCC=C(CCCC(N)=O)C(N)=O.CN(C)C. The summed E-state index contributed by atoms with van der Waals surface area (Å²) in [5.74, 6) is -0.726. The second-order valence-electron chi connectivity index (χ2n) is 5.25. The molecule has 5 heteroatoms. The number of nitrogens with two attached hydrogens (primary N) is 2. The van der Waals surface area contributed by atoms with E-state index in [1.165, 1.54) is 0 Å². The molecule has 0 aliphatic rings. The molecule has 0 aromatic heterocycles. The van der Waals surface area contributed by atoms with E-state index < -0.39 is 0 Å². The van der Waals surface area contributed by atoms with Crippen molar-refractivity contribution in [3.8, 4) is 0 Å². The highest BCUT2D eigenvalue weighted by Gasteiger charge is 2.05. The monoisotopic (exact) mass is 285 g/mol. The minimum atomic E-state index is -0.388. The Hall–Kier alpha value is -1.36. The number of allylic oxidation sites excluding steroid dienone is 1. The van der Waals surface area contributed by atoms with Crippen molar-refractivity contribution < 1.29 is 9.59 Å². The summed E-state index contributed by atoms with van der Waals surface area (Å²) in [7, 11) is 6.00. The first-order valence-electron chi connectivity index (χ1n) is 7.19. The van der Waals surface area contributed by atoms with Crippen molar-refractivity contribution in [1.29, 1.82) is 0 Å². The van der Waals surface area contributed by atoms with Gasteiger partial charge in [0.25, 0.3) is 0 Å². The van der Waals surface area contributed by atoms with Gasteiger partial charge in [-0.05, 0) is 46.8 Å². The molecule has 2 amide bonds. The molecule has 118 valence electrons. The van der Waals surface area contributed by atoms with Crippen LogP contribution in [0.25, 0.3) is 0 Å². The first-order chi connectivity index (χ1) is 9.31. The van der Waals surface area contributed by atoms with Crippen LogP contribution in [0.4, 0.5) is 0 Å². The highest BCUT2D eigenvalue weighted by atomic mass is 16.1. The maximum atomic E-state index is 11.1. The van der Waals surface area contributed by atoms with Crippen LogP contribution in [0.3, 0.4) is 0 Å². The van der Waals surface area contributed by atoms with Gasteiger partial charge in [-0.2, -0.15) is 0 Å². The van der Waals surface area contributed by atoms with Gasteiger partial charge in [0.15, 0.2) is 0 Å². The summed E-state index contributed by atoms with van der Waals surface area (Å²) >= 11 is 0. The topological polar surface area (TPSA) is 89.4 Å². The Morgan fingerprint density at radius 1 is 1.00 bits per heavy atom. The van der Waals surface area contributed by atoms with Gasteiger partial charge in [-0.15, -0.1) is 0 Å². The third kappa shape index (κ3) is 19.0. The Labute approximate surface area is 123 Å². The third-order valence-electron chi connectivity index (χ3n) is 2.38. The van der Waals surface area contributed by atoms with Gasteiger partial charge in [0.2, 0.25) is 11.8 Å². The third-order valence-corrected chi connectivity index (χ3v) is 2.38. The predicted octanol–water partition coefficient (Wildman–Crippen LogP) is 1.81. The number of carbonyl (C=O) groups excluding carboxylic acids is 2. The second-order valence-corrected chi connectivity index (χ2v) is 5.25. The fourth-order valence-electron chi connectivity index (χ4n) is 1.45. The summed E-state index contributed by atoms with van der Waals surface area (Å²) in [5, 5.41) is 0. The molecule has 0 unspecified atom stereocenters. The van der Waals surface area contributed by atoms with Crippen LogP contribution < -0.4 is 11.5 Å². The molecule has 0 spiro atoms. The average molecular weight is 285 g/mol. The molecule has 0 rings (SSSR count). The zero-order valence-electron chi connectivity index (χ0n) is 13.4. The van der Waals surface area contributed by atoms with Gasteiger partial charge in [0.05, 0.1) is 0 Å². The van der Waals surface area contributed by atoms with Crippen LogP contribution >= 0.6 is 0 Å². The van der Waals surface area contributed by atoms with Crippen molar-refractivity contribution in [3.05, 3.63) is 11.6 Å². The number of hydrogen-bond acceptors (Lipinski definition) is 3. The first kappa shape index (κ1) is 20.9. The van der Waals surface area contributed by atoms with Crippen molar-refractivity contribution in [2.45, 2.75) is 51.9 Å². The molecule has 5 nitrogen and oxygen atoms in total. The Balaban J connectivity index is 0. The zero-order valence-corrected chi connectivity index (χ0v) is 13.4. The summed E-state index contributed by atoms with van der Waals surface area (Å²) in [5.41, 5.74) is 10.9. The molecule has 0 aromatic rings. The molecule has 0 atom stereocenters. The van der Waals surface area contributed by atoms with E-state index in [-0.39, 0.29) is 11.8 Å². The van der Waals surface area contributed by atoms with Gasteiger partial charge in [-0.3, -0.25) is 9.59 Å². The van der Waals surface area contributed by atoms with Crippen LogP contribution in [0.5, 0.6) is 0 Å². The van der Waals surface area contributed by atoms with Crippen LogP contribution in [0.15, 0.2) is 11.6 Å². The second kappa shape index (κ2) is 14.1. The number of carbonyl (C=O) groups is 2. The average Bonchev–Trinajstić information content (AvgIpc) is 2.30. The van der Waals surface area contributed by atoms with Crippen molar-refractivity contribution in [1.82, 2.24) is 4.90 Å². The van der Waals surface area contributed by atoms with Gasteiger partial charge in [0, 0.05) is 12.0 Å². The van der Waals surface area contributed by atoms with E-state index in [1.54, 1.807) is 0 Å². The van der Waals surface area contributed by atoms with Crippen molar-refractivity contribution in [2.24, 2.45) is 11.5 Å². The summed E-state index contributed by atoms with van der Waals surface area (Å²) in [6, 6.07) is 0. The van der Waals surface area contributed by atoms with E-state index >= 15 is 0 Å². The largest absolute Gasteiger partial charge is 0.370 e. The number of hydrogen-bond donors (Lipinski definition) is 2. The number of nitrogens with zero attached hydrogens (tertiary/aromatic N) is 1. The van der Waals surface area contributed by atoms with Gasteiger partial charge in [-0.1, -0.05) is 25.8 Å². The molecule has 0 saturated carbocycles. The van der Waals surface area contributed by atoms with Gasteiger partial charge in [0.1, 0.15) is 0 Å². The molecular formula is C15H31N3O2. The highest BCUT2D eigenvalue weighted by molar-refractivity contribution is 5.91. The summed E-state index contributed by atoms with van der Waals surface area (Å²) < 4.78 is 0. The summed E-state index contributed by atoms with van der Waals surface area (Å²) in [6.07, 6.45) is 7.60. The van der Waals surface area contributed by atoms with Gasteiger partial charge < -0.3 is 16.4 Å². The molecule has 0 heterocycles. The van der Waals surface area contributed by atoms with Gasteiger partial charge in [-0.25, -0.2) is 0 Å². The molecule has 0 aliphatic heterocycles. The van der Waals surface area contributed by atoms with E-state index in [9.17, 15) is 9.59 Å². The van der Waals surface area contributed by atoms with Crippen molar-refractivity contribution in [2.75, 3.05) is 21.1 Å². The Kier molecular flexibility index (Phi) is 14.7. The molecule has 20 heavy (non-hydrogen) atoms. The molecule has 0 fully saturated rings. The minimum Gasteiger partial charge on any atom is -0.370 e. The van der Waals surface area contributed by atoms with Crippen LogP contribution in [-0.2, 0) is 9.59 Å². The van der Waals surface area contributed by atoms with Crippen LogP contribution in [-0.4, -0.2) is 37.9 Å². The Bertz CT molecular complexity index is 297. The van der Waals surface area contributed by atoms with E-state index in [2.05, 4.69) is 6.92 Å². The number of rotatable bonds is 9. The van der Waals surface area contributed by atoms with E-state index in [4.69, 9.17) is 11.5 Å². The minimum absolute atomic E-state index is 0.305. The van der Waals surface area contributed by atoms with E-state index in [0.717, 1.165) is 25.7 Å². The summed E-state index contributed by atoms with van der Waals surface area (Å²) in [4.78, 5) is 23.6. The smallest absolute Gasteiger partial charge is 0.244 e. The number of primary amides is 2. The lowest BCUT2D eigenvalue weighted by molar-refractivity contribution is -0.118. The molecular weight excluding hydrogens is 254 g/mol. The maximum absolute atomic E-state index is 11.1. The summed E-state index contributed by atoms with van der Waals surface area (Å²) in [6.45, 7) is 2.13. The lowest BCUT2D eigenvalue weighted by Crippen LogP contribution is -2.15. The van der Waals surface area contributed by atoms with Gasteiger partial charge >= 0.3 is 0 Å². The van der Waals surface area contributed by atoms with Crippen molar-refractivity contribution >= 4 is 11.8 Å². The fraction of sp³-hybridized carbons (Fsp3) is 0.733. The maximum Gasteiger partial charge on any atom is 0.244 e. The Morgan fingerprint density at radius 2 is 1.55 bits per heavy atom. The Morgan fingerprint density at radius 3 is 1.95 bits per heavy atom. The normalized spacial score (nSPS) is 10.9. The first-order valence-corrected chi connectivity index (χ1v) is 7.19. The van der Waals surface area contributed by atoms with E-state index in [1.807, 2.05) is 32.1 Å². The molecule has 0 aliphatic carbocycles. The number of amides is 2. The molecule has 0 radical (unpaired) electrons. The number of unbranched alkanes of at least 4 members (excludes halogenated alkanes) is 3. The fourth-order valence-corrected chi connectivity index (χ4v) is 1.45. The molecule has 4 N–H and O–H groups in total. The predicted molar refractivity (Wildman–Crippen MR) is 84.1 cm³/mol. The molecule has 0 bridgehead atoms.